The standard InChI is InChI=1S/C16H26N2O2S/c1-7-17-16(5,15(19)20-6)10-13(4)21-14-9-11(2)8-12(3)18-14/h8-9,13,17H,7,10H2,1-6H3. The van der Waals surface area contributed by atoms with Crippen molar-refractivity contribution in [1.29, 1.82) is 0 Å². The lowest BCUT2D eigenvalue weighted by Crippen LogP contribution is -2.51. The topological polar surface area (TPSA) is 51.2 Å². The van der Waals surface area contributed by atoms with E-state index in [4.69, 9.17) is 4.74 Å². The maximum Gasteiger partial charge on any atom is 0.325 e. The van der Waals surface area contributed by atoms with E-state index in [1.54, 1.807) is 11.8 Å². The molecule has 118 valence electrons. The average molecular weight is 310 g/mol. The highest BCUT2D eigenvalue weighted by Crippen LogP contribution is 2.29. The largest absolute Gasteiger partial charge is 0.468 e. The normalized spacial score (nSPS) is 15.3. The van der Waals surface area contributed by atoms with E-state index in [1.807, 2.05) is 20.8 Å². The molecule has 0 aliphatic rings. The monoisotopic (exact) mass is 310 g/mol. The van der Waals surface area contributed by atoms with Gasteiger partial charge in [-0.2, -0.15) is 0 Å². The van der Waals surface area contributed by atoms with Crippen LogP contribution < -0.4 is 5.32 Å². The number of pyridine rings is 1. The minimum Gasteiger partial charge on any atom is -0.468 e. The van der Waals surface area contributed by atoms with Crippen molar-refractivity contribution < 1.29 is 9.53 Å². The number of hydrogen-bond acceptors (Lipinski definition) is 5. The van der Waals surface area contributed by atoms with Crippen LogP contribution in [0.25, 0.3) is 0 Å². The van der Waals surface area contributed by atoms with Crippen LogP contribution in [-0.4, -0.2) is 35.4 Å². The van der Waals surface area contributed by atoms with Gasteiger partial charge in [-0.3, -0.25) is 4.79 Å². The van der Waals surface area contributed by atoms with Crippen LogP contribution in [0.2, 0.25) is 0 Å². The third-order valence-corrected chi connectivity index (χ3v) is 4.31. The highest BCUT2D eigenvalue weighted by atomic mass is 32.2. The first-order chi connectivity index (χ1) is 9.80. The molecule has 1 heterocycles. The predicted octanol–water partition coefficient (Wildman–Crippen LogP) is 3.11. The lowest BCUT2D eigenvalue weighted by molar-refractivity contribution is -0.148. The van der Waals surface area contributed by atoms with Crippen LogP contribution in [0, 0.1) is 13.8 Å². The van der Waals surface area contributed by atoms with Crippen molar-refractivity contribution in [3.63, 3.8) is 0 Å². The van der Waals surface area contributed by atoms with Crippen molar-refractivity contribution in [3.8, 4) is 0 Å². The Morgan fingerprint density at radius 1 is 1.48 bits per heavy atom. The summed E-state index contributed by atoms with van der Waals surface area (Å²) in [5, 5.41) is 4.50. The number of aryl methyl sites for hydroxylation is 2. The molecule has 5 heteroatoms. The quantitative estimate of drug-likeness (QED) is 0.619. The molecule has 2 atom stereocenters. The van der Waals surface area contributed by atoms with E-state index in [2.05, 4.69) is 36.3 Å². The Bertz CT molecular complexity index is 473. The number of methoxy groups -OCH3 is 1. The number of nitrogens with zero attached hydrogens (tertiary/aromatic N) is 1. The van der Waals surface area contributed by atoms with Gasteiger partial charge in [0, 0.05) is 10.9 Å². The zero-order chi connectivity index (χ0) is 16.0. The molecule has 0 fully saturated rings. The second kappa shape index (κ2) is 7.80. The summed E-state index contributed by atoms with van der Waals surface area (Å²) in [5.41, 5.74) is 1.57. The van der Waals surface area contributed by atoms with Crippen LogP contribution in [0.3, 0.4) is 0 Å². The summed E-state index contributed by atoms with van der Waals surface area (Å²) in [6.07, 6.45) is 0.687. The summed E-state index contributed by atoms with van der Waals surface area (Å²) < 4.78 is 4.93. The molecule has 0 aromatic carbocycles. The van der Waals surface area contributed by atoms with Gasteiger partial charge in [-0.25, -0.2) is 4.98 Å². The van der Waals surface area contributed by atoms with Gasteiger partial charge in [0.1, 0.15) is 5.54 Å². The summed E-state index contributed by atoms with van der Waals surface area (Å²) in [5.74, 6) is -0.217. The fourth-order valence-electron chi connectivity index (χ4n) is 2.53. The van der Waals surface area contributed by atoms with Crippen molar-refractivity contribution in [1.82, 2.24) is 10.3 Å². The van der Waals surface area contributed by atoms with Gasteiger partial charge < -0.3 is 10.1 Å². The Hall–Kier alpha value is -1.07. The SMILES string of the molecule is CCNC(C)(CC(C)Sc1cc(C)cc(C)n1)C(=O)OC. The molecule has 4 nitrogen and oxygen atoms in total. The number of hydrogen-bond donors (Lipinski definition) is 1. The molecule has 1 aromatic rings. The zero-order valence-corrected chi connectivity index (χ0v) is 14.6. The molecule has 0 aliphatic heterocycles. The summed E-state index contributed by atoms with van der Waals surface area (Å²) in [6, 6.07) is 4.14. The maximum absolute atomic E-state index is 12.0. The van der Waals surface area contributed by atoms with E-state index in [1.165, 1.54) is 12.7 Å². The highest BCUT2D eigenvalue weighted by molar-refractivity contribution is 7.99. The molecule has 1 N–H and O–H groups in total. The number of thioether (sulfide) groups is 1. The molecule has 21 heavy (non-hydrogen) atoms. The van der Waals surface area contributed by atoms with E-state index < -0.39 is 5.54 Å². The van der Waals surface area contributed by atoms with Gasteiger partial charge >= 0.3 is 5.97 Å². The number of carbonyl (C=O) groups is 1. The fraction of sp³-hybridized carbons (Fsp3) is 0.625. The molecule has 2 unspecified atom stereocenters. The molecule has 0 saturated heterocycles. The van der Waals surface area contributed by atoms with E-state index in [-0.39, 0.29) is 11.2 Å². The number of ether oxygens (including phenoxy) is 1. The van der Waals surface area contributed by atoms with Gasteiger partial charge in [-0.05, 0) is 51.4 Å². The molecule has 0 saturated carbocycles. The summed E-state index contributed by atoms with van der Waals surface area (Å²) in [7, 11) is 1.43. The zero-order valence-electron chi connectivity index (χ0n) is 13.8. The van der Waals surface area contributed by atoms with Gasteiger partial charge in [0.15, 0.2) is 0 Å². The fourth-order valence-corrected chi connectivity index (χ4v) is 3.81. The van der Waals surface area contributed by atoms with E-state index in [9.17, 15) is 4.79 Å². The molecular weight excluding hydrogens is 284 g/mol. The Morgan fingerprint density at radius 3 is 2.67 bits per heavy atom. The number of likely N-dealkylation sites (N-methyl/N-ethyl adjacent to an activating group) is 1. The van der Waals surface area contributed by atoms with Gasteiger partial charge in [0.25, 0.3) is 0 Å². The highest BCUT2D eigenvalue weighted by Gasteiger charge is 2.35. The van der Waals surface area contributed by atoms with Crippen LogP contribution in [0.15, 0.2) is 17.2 Å². The second-order valence-electron chi connectivity index (χ2n) is 5.61. The molecule has 0 amide bonds. The van der Waals surface area contributed by atoms with Gasteiger partial charge in [-0.15, -0.1) is 11.8 Å². The summed E-state index contributed by atoms with van der Waals surface area (Å²) in [4.78, 5) is 16.6. The van der Waals surface area contributed by atoms with Gasteiger partial charge in [-0.1, -0.05) is 13.8 Å². The van der Waals surface area contributed by atoms with E-state index >= 15 is 0 Å². The van der Waals surface area contributed by atoms with Gasteiger partial charge in [0.2, 0.25) is 0 Å². The van der Waals surface area contributed by atoms with Crippen LogP contribution in [0.5, 0.6) is 0 Å². The van der Waals surface area contributed by atoms with Crippen LogP contribution >= 0.6 is 11.8 Å². The first kappa shape index (κ1) is 18.0. The second-order valence-corrected chi connectivity index (χ2v) is 7.07. The Kier molecular flexibility index (Phi) is 6.68. The molecule has 0 bridgehead atoms. The van der Waals surface area contributed by atoms with Crippen molar-refractivity contribution in [2.45, 2.75) is 56.9 Å². The third kappa shape index (κ3) is 5.32. The maximum atomic E-state index is 12.0. The smallest absolute Gasteiger partial charge is 0.325 e. The first-order valence-corrected chi connectivity index (χ1v) is 8.14. The molecule has 1 rings (SSSR count). The molecule has 1 aromatic heterocycles. The minimum absolute atomic E-state index is 0.217. The molecular formula is C16H26N2O2S. The molecule has 0 radical (unpaired) electrons. The summed E-state index contributed by atoms with van der Waals surface area (Å²) >= 11 is 1.69. The van der Waals surface area contributed by atoms with Crippen molar-refractivity contribution in [2.24, 2.45) is 0 Å². The Balaban J connectivity index is 2.78. The number of aromatic nitrogens is 1. The van der Waals surface area contributed by atoms with Crippen molar-refractivity contribution in [2.75, 3.05) is 13.7 Å². The third-order valence-electron chi connectivity index (χ3n) is 3.29. The number of esters is 1. The number of carbonyl (C=O) groups excluding carboxylic acids is 1. The van der Waals surface area contributed by atoms with Crippen LogP contribution in [0.4, 0.5) is 0 Å². The first-order valence-electron chi connectivity index (χ1n) is 7.26. The predicted molar refractivity (Wildman–Crippen MR) is 87.7 cm³/mol. The van der Waals surface area contributed by atoms with E-state index in [0.29, 0.717) is 6.42 Å². The number of rotatable bonds is 7. The molecule has 0 aliphatic carbocycles. The van der Waals surface area contributed by atoms with Gasteiger partial charge in [0.05, 0.1) is 12.1 Å². The Labute approximate surface area is 132 Å². The minimum atomic E-state index is -0.658. The average Bonchev–Trinajstić information content (AvgIpc) is 2.36. The van der Waals surface area contributed by atoms with Crippen LogP contribution in [0.1, 0.15) is 38.4 Å². The lowest BCUT2D eigenvalue weighted by Gasteiger charge is -2.30. The summed E-state index contributed by atoms with van der Waals surface area (Å²) in [6.45, 7) is 10.8. The van der Waals surface area contributed by atoms with E-state index in [0.717, 1.165) is 17.3 Å². The number of nitrogens with one attached hydrogen (secondary N) is 1. The molecule has 0 spiro atoms. The van der Waals surface area contributed by atoms with Crippen LogP contribution in [-0.2, 0) is 9.53 Å². The van der Waals surface area contributed by atoms with Crippen molar-refractivity contribution >= 4 is 17.7 Å². The van der Waals surface area contributed by atoms with Crippen molar-refractivity contribution in [3.05, 3.63) is 23.4 Å². The lowest BCUT2D eigenvalue weighted by atomic mass is 9.96. The Morgan fingerprint density at radius 2 is 2.14 bits per heavy atom.